The number of likely N-dealkylation sites (tertiary alicyclic amines) is 1. The third kappa shape index (κ3) is 4.12. The minimum atomic E-state index is -0.337. The SMILES string of the molecule is Cc1[nH]ncc1C1CCN(C(=O)c2ccc(F)c(COC(C)C)c2)CC1. The number of piperidine rings is 1. The minimum absolute atomic E-state index is 0.0131. The number of nitrogens with zero attached hydrogens (tertiary/aromatic N) is 2. The maximum atomic E-state index is 14.0. The van der Waals surface area contributed by atoms with E-state index in [0.29, 0.717) is 30.1 Å². The summed E-state index contributed by atoms with van der Waals surface area (Å²) in [5.74, 6) is 0.0514. The van der Waals surface area contributed by atoms with E-state index in [1.165, 1.54) is 11.6 Å². The van der Waals surface area contributed by atoms with Crippen molar-refractivity contribution in [3.8, 4) is 0 Å². The molecule has 6 heteroatoms. The largest absolute Gasteiger partial charge is 0.374 e. The zero-order chi connectivity index (χ0) is 18.7. The molecule has 0 aliphatic carbocycles. The third-order valence-electron chi connectivity index (χ3n) is 4.96. The van der Waals surface area contributed by atoms with Crippen molar-refractivity contribution in [1.29, 1.82) is 0 Å². The summed E-state index contributed by atoms with van der Waals surface area (Å²) in [5, 5.41) is 7.07. The summed E-state index contributed by atoms with van der Waals surface area (Å²) < 4.78 is 19.4. The number of carbonyl (C=O) groups excluding carboxylic acids is 1. The Labute approximate surface area is 153 Å². The predicted octanol–water partition coefficient (Wildman–Crippen LogP) is 3.80. The van der Waals surface area contributed by atoms with E-state index >= 15 is 0 Å². The number of H-pyrrole nitrogens is 1. The van der Waals surface area contributed by atoms with Crippen LogP contribution in [0.1, 0.15) is 59.8 Å². The second kappa shape index (κ2) is 7.99. The molecular weight excluding hydrogens is 333 g/mol. The van der Waals surface area contributed by atoms with Gasteiger partial charge in [0.1, 0.15) is 5.82 Å². The lowest BCUT2D eigenvalue weighted by Gasteiger charge is -2.32. The standard InChI is InChI=1S/C20H26FN3O2/c1-13(2)26-12-17-10-16(4-5-19(17)21)20(25)24-8-6-15(7-9-24)18-11-22-23-14(18)3/h4-5,10-11,13,15H,6-9,12H2,1-3H3,(H,22,23). The van der Waals surface area contributed by atoms with Crippen LogP contribution < -0.4 is 0 Å². The highest BCUT2D eigenvalue weighted by atomic mass is 19.1. The first kappa shape index (κ1) is 18.6. The number of aromatic amines is 1. The molecule has 0 spiro atoms. The molecule has 2 heterocycles. The number of ether oxygens (including phenoxy) is 1. The molecule has 1 fully saturated rings. The lowest BCUT2D eigenvalue weighted by Crippen LogP contribution is -2.38. The number of amides is 1. The van der Waals surface area contributed by atoms with Gasteiger partial charge < -0.3 is 9.64 Å². The fourth-order valence-corrected chi connectivity index (χ4v) is 3.42. The van der Waals surface area contributed by atoms with Crippen LogP contribution in [0.4, 0.5) is 4.39 Å². The number of rotatable bonds is 5. The van der Waals surface area contributed by atoms with E-state index in [1.54, 1.807) is 12.1 Å². The molecule has 140 valence electrons. The van der Waals surface area contributed by atoms with Crippen molar-refractivity contribution in [2.75, 3.05) is 13.1 Å². The van der Waals surface area contributed by atoms with Crippen molar-refractivity contribution in [2.45, 2.75) is 52.2 Å². The van der Waals surface area contributed by atoms with Crippen molar-refractivity contribution in [3.63, 3.8) is 0 Å². The van der Waals surface area contributed by atoms with Crippen LogP contribution in [0, 0.1) is 12.7 Å². The van der Waals surface area contributed by atoms with Gasteiger partial charge in [-0.3, -0.25) is 9.89 Å². The Balaban J connectivity index is 1.65. The average Bonchev–Trinajstić information content (AvgIpc) is 3.06. The molecule has 1 N–H and O–H groups in total. The Morgan fingerprint density at radius 1 is 1.38 bits per heavy atom. The maximum absolute atomic E-state index is 14.0. The van der Waals surface area contributed by atoms with E-state index in [0.717, 1.165) is 18.5 Å². The molecule has 1 aliphatic rings. The highest BCUT2D eigenvalue weighted by molar-refractivity contribution is 5.94. The monoisotopic (exact) mass is 359 g/mol. The van der Waals surface area contributed by atoms with Gasteiger partial charge in [0.25, 0.3) is 5.91 Å². The summed E-state index contributed by atoms with van der Waals surface area (Å²) in [6, 6.07) is 4.53. The van der Waals surface area contributed by atoms with E-state index in [1.807, 2.05) is 31.9 Å². The Bertz CT molecular complexity index is 764. The van der Waals surface area contributed by atoms with Crippen LogP contribution >= 0.6 is 0 Å². The molecule has 0 radical (unpaired) electrons. The number of aryl methyl sites for hydroxylation is 1. The van der Waals surface area contributed by atoms with Crippen molar-refractivity contribution < 1.29 is 13.9 Å². The van der Waals surface area contributed by atoms with Crippen molar-refractivity contribution in [1.82, 2.24) is 15.1 Å². The number of hydrogen-bond acceptors (Lipinski definition) is 3. The van der Waals surface area contributed by atoms with Crippen LogP contribution in [0.15, 0.2) is 24.4 Å². The first-order valence-electron chi connectivity index (χ1n) is 9.15. The lowest BCUT2D eigenvalue weighted by atomic mass is 9.89. The third-order valence-corrected chi connectivity index (χ3v) is 4.96. The fourth-order valence-electron chi connectivity index (χ4n) is 3.42. The summed E-state index contributed by atoms with van der Waals surface area (Å²) in [6.45, 7) is 7.40. The quantitative estimate of drug-likeness (QED) is 0.883. The summed E-state index contributed by atoms with van der Waals surface area (Å²) in [5.41, 5.74) is 3.29. The van der Waals surface area contributed by atoms with Crippen LogP contribution in [0.25, 0.3) is 0 Å². The van der Waals surface area contributed by atoms with Crippen LogP contribution in [0.5, 0.6) is 0 Å². The second-order valence-electron chi connectivity index (χ2n) is 7.18. The molecule has 0 atom stereocenters. The Kier molecular flexibility index (Phi) is 5.71. The van der Waals surface area contributed by atoms with Gasteiger partial charge >= 0.3 is 0 Å². The minimum Gasteiger partial charge on any atom is -0.374 e. The lowest BCUT2D eigenvalue weighted by molar-refractivity contribution is 0.0636. The number of benzene rings is 1. The molecule has 1 aromatic carbocycles. The molecule has 0 saturated carbocycles. The maximum Gasteiger partial charge on any atom is 0.253 e. The molecule has 2 aromatic rings. The van der Waals surface area contributed by atoms with E-state index in [2.05, 4.69) is 10.2 Å². The second-order valence-corrected chi connectivity index (χ2v) is 7.18. The van der Waals surface area contributed by atoms with Gasteiger partial charge in [-0.1, -0.05) is 0 Å². The van der Waals surface area contributed by atoms with Crippen LogP contribution in [-0.4, -0.2) is 40.2 Å². The topological polar surface area (TPSA) is 58.2 Å². The number of carbonyl (C=O) groups is 1. The predicted molar refractivity (Wildman–Crippen MR) is 97.5 cm³/mol. The van der Waals surface area contributed by atoms with Crippen LogP contribution in [0.2, 0.25) is 0 Å². The summed E-state index contributed by atoms with van der Waals surface area (Å²) >= 11 is 0. The normalized spacial score (nSPS) is 15.7. The summed E-state index contributed by atoms with van der Waals surface area (Å²) in [6.07, 6.45) is 3.73. The zero-order valence-corrected chi connectivity index (χ0v) is 15.6. The van der Waals surface area contributed by atoms with Gasteiger partial charge in [0.2, 0.25) is 0 Å². The molecule has 3 rings (SSSR count). The average molecular weight is 359 g/mol. The van der Waals surface area contributed by atoms with Gasteiger partial charge in [-0.15, -0.1) is 0 Å². The number of nitrogens with one attached hydrogen (secondary N) is 1. The molecule has 5 nitrogen and oxygen atoms in total. The van der Waals surface area contributed by atoms with Crippen molar-refractivity contribution >= 4 is 5.91 Å². The smallest absolute Gasteiger partial charge is 0.253 e. The van der Waals surface area contributed by atoms with Crippen LogP contribution in [-0.2, 0) is 11.3 Å². The van der Waals surface area contributed by atoms with E-state index in [9.17, 15) is 9.18 Å². The number of aromatic nitrogens is 2. The molecular formula is C20H26FN3O2. The van der Waals surface area contributed by atoms with Gasteiger partial charge in [0.15, 0.2) is 0 Å². The summed E-state index contributed by atoms with van der Waals surface area (Å²) in [7, 11) is 0. The fraction of sp³-hybridized carbons (Fsp3) is 0.500. The molecule has 1 aliphatic heterocycles. The van der Waals surface area contributed by atoms with Gasteiger partial charge in [-0.2, -0.15) is 5.10 Å². The van der Waals surface area contributed by atoms with E-state index < -0.39 is 0 Å². The van der Waals surface area contributed by atoms with Gasteiger partial charge in [-0.05, 0) is 63.3 Å². The highest BCUT2D eigenvalue weighted by Crippen LogP contribution is 2.30. The Hall–Kier alpha value is -2.21. The van der Waals surface area contributed by atoms with Gasteiger partial charge in [-0.25, -0.2) is 4.39 Å². The molecule has 0 unspecified atom stereocenters. The highest BCUT2D eigenvalue weighted by Gasteiger charge is 2.26. The number of halogens is 1. The van der Waals surface area contributed by atoms with Crippen LogP contribution in [0.3, 0.4) is 0 Å². The molecule has 1 aromatic heterocycles. The van der Waals surface area contributed by atoms with Gasteiger partial charge in [0.05, 0.1) is 18.9 Å². The molecule has 26 heavy (non-hydrogen) atoms. The molecule has 1 amide bonds. The Morgan fingerprint density at radius 2 is 2.12 bits per heavy atom. The van der Waals surface area contributed by atoms with Crippen molar-refractivity contribution in [2.24, 2.45) is 0 Å². The van der Waals surface area contributed by atoms with Crippen molar-refractivity contribution in [3.05, 3.63) is 52.6 Å². The first-order valence-corrected chi connectivity index (χ1v) is 9.15. The Morgan fingerprint density at radius 3 is 2.73 bits per heavy atom. The number of hydrogen-bond donors (Lipinski definition) is 1. The first-order chi connectivity index (χ1) is 12.5. The van der Waals surface area contributed by atoms with E-state index in [-0.39, 0.29) is 24.4 Å². The zero-order valence-electron chi connectivity index (χ0n) is 15.6. The summed E-state index contributed by atoms with van der Waals surface area (Å²) in [4.78, 5) is 14.7. The van der Waals surface area contributed by atoms with Gasteiger partial charge in [0, 0.05) is 29.9 Å². The van der Waals surface area contributed by atoms with E-state index in [4.69, 9.17) is 4.74 Å². The molecule has 0 bridgehead atoms. The molecule has 1 saturated heterocycles.